The molecule has 0 unspecified atom stereocenters. The second kappa shape index (κ2) is 4.99. The van der Waals surface area contributed by atoms with Crippen LogP contribution in [0.25, 0.3) is 10.2 Å². The van der Waals surface area contributed by atoms with Crippen LogP contribution in [0.1, 0.15) is 19.3 Å². The third-order valence-electron chi connectivity index (χ3n) is 3.49. The quantitative estimate of drug-likeness (QED) is 0.798. The average Bonchev–Trinajstić information content (AvgIpc) is 3.04. The van der Waals surface area contributed by atoms with Crippen molar-refractivity contribution in [1.29, 1.82) is 5.26 Å². The summed E-state index contributed by atoms with van der Waals surface area (Å²) in [6.07, 6.45) is 2.89. The van der Waals surface area contributed by atoms with Crippen molar-refractivity contribution in [3.05, 3.63) is 21.8 Å². The van der Waals surface area contributed by atoms with Crippen LogP contribution in [-0.2, 0) is 7.05 Å². The number of hydrogen-bond donors (Lipinski definition) is 0. The first kappa shape index (κ1) is 12.7. The molecule has 0 radical (unpaired) electrons. The topological polar surface area (TPSA) is 58.7 Å². The van der Waals surface area contributed by atoms with E-state index in [1.165, 1.54) is 11.3 Å². The van der Waals surface area contributed by atoms with Gasteiger partial charge in [-0.2, -0.15) is 5.26 Å². The summed E-state index contributed by atoms with van der Waals surface area (Å²) < 4.78 is 2.34. The molecule has 0 spiro atoms. The standard InChI is InChI=1S/C13H13N3OS2/c1-16-12(17)11-10(4-5-18-11)15-13(16)19-9-3-2-8(6-9)7-14/h4-5,8-9H,2-3,6H2,1H3/t8-,9+/m0/s1. The van der Waals surface area contributed by atoms with E-state index in [0.717, 1.165) is 29.9 Å². The van der Waals surface area contributed by atoms with Crippen molar-refractivity contribution in [2.24, 2.45) is 13.0 Å². The zero-order valence-electron chi connectivity index (χ0n) is 10.5. The van der Waals surface area contributed by atoms with E-state index in [1.807, 2.05) is 11.4 Å². The summed E-state index contributed by atoms with van der Waals surface area (Å²) in [4.78, 5) is 16.7. The van der Waals surface area contributed by atoms with Crippen LogP contribution in [0.3, 0.4) is 0 Å². The molecule has 0 aromatic carbocycles. The Morgan fingerprint density at radius 3 is 3.16 bits per heavy atom. The molecule has 98 valence electrons. The second-order valence-corrected chi connectivity index (χ2v) is 6.96. The molecule has 6 heteroatoms. The highest BCUT2D eigenvalue weighted by molar-refractivity contribution is 7.99. The maximum absolute atomic E-state index is 12.2. The van der Waals surface area contributed by atoms with E-state index in [4.69, 9.17) is 5.26 Å². The minimum absolute atomic E-state index is 0.0253. The van der Waals surface area contributed by atoms with Gasteiger partial charge >= 0.3 is 0 Å². The zero-order chi connectivity index (χ0) is 13.4. The van der Waals surface area contributed by atoms with Gasteiger partial charge in [0, 0.05) is 18.2 Å². The van der Waals surface area contributed by atoms with E-state index in [9.17, 15) is 4.79 Å². The molecule has 2 atom stereocenters. The van der Waals surface area contributed by atoms with Gasteiger partial charge in [-0.3, -0.25) is 9.36 Å². The summed E-state index contributed by atoms with van der Waals surface area (Å²) in [6, 6.07) is 4.22. The molecular formula is C13H13N3OS2. The Balaban J connectivity index is 1.91. The van der Waals surface area contributed by atoms with Crippen LogP contribution >= 0.6 is 23.1 Å². The van der Waals surface area contributed by atoms with Crippen LogP contribution < -0.4 is 5.56 Å². The SMILES string of the molecule is Cn1c(S[C@@H]2CC[C@H](C#N)C2)nc2ccsc2c1=O. The van der Waals surface area contributed by atoms with Gasteiger partial charge in [0.15, 0.2) is 5.16 Å². The molecule has 2 aromatic rings. The highest BCUT2D eigenvalue weighted by Gasteiger charge is 2.26. The third kappa shape index (κ3) is 2.28. The smallest absolute Gasteiger partial charge is 0.271 e. The van der Waals surface area contributed by atoms with E-state index < -0.39 is 0 Å². The summed E-state index contributed by atoms with van der Waals surface area (Å²) in [5.74, 6) is 0.166. The van der Waals surface area contributed by atoms with Gasteiger partial charge in [0.2, 0.25) is 0 Å². The van der Waals surface area contributed by atoms with Crippen LogP contribution in [0.2, 0.25) is 0 Å². The van der Waals surface area contributed by atoms with Crippen molar-refractivity contribution in [1.82, 2.24) is 9.55 Å². The lowest BCUT2D eigenvalue weighted by Crippen LogP contribution is -2.19. The summed E-state index contributed by atoms with van der Waals surface area (Å²) in [7, 11) is 1.77. The molecule has 2 heterocycles. The van der Waals surface area contributed by atoms with Gasteiger partial charge in [0.05, 0.1) is 11.6 Å². The molecule has 0 aliphatic heterocycles. The lowest BCUT2D eigenvalue weighted by Gasteiger charge is -2.11. The maximum atomic E-state index is 12.2. The highest BCUT2D eigenvalue weighted by Crippen LogP contribution is 2.36. The van der Waals surface area contributed by atoms with Crippen molar-refractivity contribution in [2.75, 3.05) is 0 Å². The van der Waals surface area contributed by atoms with Crippen LogP contribution in [-0.4, -0.2) is 14.8 Å². The largest absolute Gasteiger partial charge is 0.290 e. The molecule has 0 N–H and O–H groups in total. The van der Waals surface area contributed by atoms with Gasteiger partial charge in [-0.25, -0.2) is 4.98 Å². The normalized spacial score (nSPS) is 22.7. The molecule has 0 saturated heterocycles. The van der Waals surface area contributed by atoms with Crippen LogP contribution in [0.15, 0.2) is 21.4 Å². The monoisotopic (exact) mass is 291 g/mol. The van der Waals surface area contributed by atoms with Gasteiger partial charge in [-0.05, 0) is 30.7 Å². The van der Waals surface area contributed by atoms with E-state index in [0.29, 0.717) is 9.95 Å². The summed E-state index contributed by atoms with van der Waals surface area (Å²) >= 11 is 3.07. The van der Waals surface area contributed by atoms with Gasteiger partial charge < -0.3 is 0 Å². The maximum Gasteiger partial charge on any atom is 0.271 e. The first-order valence-corrected chi connectivity index (χ1v) is 7.95. The summed E-state index contributed by atoms with van der Waals surface area (Å²) in [5, 5.41) is 12.0. The summed E-state index contributed by atoms with van der Waals surface area (Å²) in [6.45, 7) is 0. The molecular weight excluding hydrogens is 278 g/mol. The molecule has 1 aliphatic rings. The van der Waals surface area contributed by atoms with E-state index in [2.05, 4.69) is 11.1 Å². The zero-order valence-corrected chi connectivity index (χ0v) is 12.1. The summed E-state index contributed by atoms with van der Waals surface area (Å²) in [5.41, 5.74) is 0.808. The number of thiophene rings is 1. The minimum Gasteiger partial charge on any atom is -0.290 e. The second-order valence-electron chi connectivity index (χ2n) is 4.77. The molecule has 0 bridgehead atoms. The van der Waals surface area contributed by atoms with Crippen LogP contribution in [0.5, 0.6) is 0 Å². The Hall–Kier alpha value is -1.32. The fourth-order valence-corrected chi connectivity index (χ4v) is 4.46. The molecule has 1 aliphatic carbocycles. The van der Waals surface area contributed by atoms with Crippen molar-refractivity contribution in [3.8, 4) is 6.07 Å². The first-order valence-electron chi connectivity index (χ1n) is 6.19. The van der Waals surface area contributed by atoms with Crippen molar-refractivity contribution < 1.29 is 0 Å². The van der Waals surface area contributed by atoms with E-state index >= 15 is 0 Å². The molecule has 1 fully saturated rings. The molecule has 4 nitrogen and oxygen atoms in total. The number of nitrogens with zero attached hydrogens (tertiary/aromatic N) is 3. The van der Waals surface area contributed by atoms with Crippen molar-refractivity contribution >= 4 is 33.3 Å². The Labute approximate surface area is 119 Å². The lowest BCUT2D eigenvalue weighted by atomic mass is 10.1. The lowest BCUT2D eigenvalue weighted by molar-refractivity contribution is 0.700. The van der Waals surface area contributed by atoms with Crippen LogP contribution in [0.4, 0.5) is 0 Å². The molecule has 2 aromatic heterocycles. The Morgan fingerprint density at radius 1 is 1.58 bits per heavy atom. The number of aromatic nitrogens is 2. The Bertz CT molecular complexity index is 713. The number of rotatable bonds is 2. The van der Waals surface area contributed by atoms with Gasteiger partial charge in [-0.15, -0.1) is 11.3 Å². The predicted octanol–water partition coefficient (Wildman–Crippen LogP) is 2.78. The number of nitriles is 1. The number of thioether (sulfide) groups is 1. The molecule has 1 saturated carbocycles. The molecule has 19 heavy (non-hydrogen) atoms. The first-order chi connectivity index (χ1) is 9.19. The van der Waals surface area contributed by atoms with E-state index in [-0.39, 0.29) is 11.5 Å². The number of hydrogen-bond acceptors (Lipinski definition) is 5. The third-order valence-corrected chi connectivity index (χ3v) is 5.71. The molecule has 3 rings (SSSR count). The Kier molecular flexibility index (Phi) is 3.33. The predicted molar refractivity (Wildman–Crippen MR) is 77.5 cm³/mol. The average molecular weight is 291 g/mol. The van der Waals surface area contributed by atoms with Gasteiger partial charge in [-0.1, -0.05) is 11.8 Å². The van der Waals surface area contributed by atoms with Crippen molar-refractivity contribution in [2.45, 2.75) is 29.7 Å². The fourth-order valence-electron chi connectivity index (χ4n) is 2.39. The van der Waals surface area contributed by atoms with Crippen molar-refractivity contribution in [3.63, 3.8) is 0 Å². The highest BCUT2D eigenvalue weighted by atomic mass is 32.2. The van der Waals surface area contributed by atoms with Crippen LogP contribution in [0, 0.1) is 17.2 Å². The fraction of sp³-hybridized carbons (Fsp3) is 0.462. The van der Waals surface area contributed by atoms with Gasteiger partial charge in [0.25, 0.3) is 5.56 Å². The number of fused-ring (bicyclic) bond motifs is 1. The minimum atomic E-state index is 0.0253. The van der Waals surface area contributed by atoms with E-state index in [1.54, 1.807) is 23.4 Å². The Morgan fingerprint density at radius 2 is 2.42 bits per heavy atom. The van der Waals surface area contributed by atoms with Gasteiger partial charge in [0.1, 0.15) is 4.70 Å². The molecule has 0 amide bonds.